The van der Waals surface area contributed by atoms with Gasteiger partial charge in [-0.05, 0) is 42.5 Å². The molecule has 0 atom stereocenters. The van der Waals surface area contributed by atoms with Crippen LogP contribution in [0.25, 0.3) is 23.0 Å². The van der Waals surface area contributed by atoms with Crippen LogP contribution in [0, 0.1) is 11.3 Å². The third-order valence-electron chi connectivity index (χ3n) is 4.95. The third-order valence-corrected chi connectivity index (χ3v) is 5.20. The average Bonchev–Trinajstić information content (AvgIpc) is 3.32. The number of nitrogens with one attached hydrogen (secondary N) is 1. The standard InChI is InChI=1S/C27H19ClN4O3/c28-22-13-10-19(11-14-22)27-21(17-32(31-27)23-7-2-1-3-8-23)12-15-26(34)35-18-25(33)30-24-9-5-4-6-20(24)16-29/h1-15,17H,18H2,(H,30,33). The molecular formula is C27H19ClN4O3. The summed E-state index contributed by atoms with van der Waals surface area (Å²) in [7, 11) is 0. The minimum Gasteiger partial charge on any atom is -0.452 e. The predicted molar refractivity (Wildman–Crippen MR) is 134 cm³/mol. The van der Waals surface area contributed by atoms with E-state index in [1.54, 1.807) is 53.4 Å². The monoisotopic (exact) mass is 482 g/mol. The maximum Gasteiger partial charge on any atom is 0.331 e. The maximum absolute atomic E-state index is 12.3. The lowest BCUT2D eigenvalue weighted by molar-refractivity contribution is -0.142. The van der Waals surface area contributed by atoms with Crippen molar-refractivity contribution in [3.05, 3.63) is 107 Å². The van der Waals surface area contributed by atoms with E-state index in [4.69, 9.17) is 21.6 Å². The average molecular weight is 483 g/mol. The summed E-state index contributed by atoms with van der Waals surface area (Å²) >= 11 is 6.02. The summed E-state index contributed by atoms with van der Waals surface area (Å²) in [5, 5.41) is 17.0. The minimum atomic E-state index is -0.691. The van der Waals surface area contributed by atoms with Crippen molar-refractivity contribution in [2.45, 2.75) is 0 Å². The van der Waals surface area contributed by atoms with Gasteiger partial charge in [-0.3, -0.25) is 4.79 Å². The maximum atomic E-state index is 12.3. The molecule has 7 nitrogen and oxygen atoms in total. The molecule has 4 rings (SSSR count). The molecule has 0 spiro atoms. The first-order valence-electron chi connectivity index (χ1n) is 10.6. The SMILES string of the molecule is N#Cc1ccccc1NC(=O)COC(=O)C=Cc1cn(-c2ccccc2)nc1-c1ccc(Cl)cc1. The Morgan fingerprint density at radius 3 is 2.49 bits per heavy atom. The summed E-state index contributed by atoms with van der Waals surface area (Å²) in [5.41, 5.74) is 3.69. The van der Waals surface area contributed by atoms with Crippen molar-refractivity contribution >= 4 is 35.2 Å². The first-order chi connectivity index (χ1) is 17.0. The molecule has 0 saturated heterocycles. The van der Waals surface area contributed by atoms with Crippen molar-refractivity contribution < 1.29 is 14.3 Å². The highest BCUT2D eigenvalue weighted by Crippen LogP contribution is 2.26. The summed E-state index contributed by atoms with van der Waals surface area (Å²) in [6, 6.07) is 25.4. The highest BCUT2D eigenvalue weighted by atomic mass is 35.5. The molecule has 35 heavy (non-hydrogen) atoms. The number of hydrogen-bond donors (Lipinski definition) is 1. The number of halogens is 1. The van der Waals surface area contributed by atoms with Gasteiger partial charge in [0.05, 0.1) is 22.6 Å². The fourth-order valence-electron chi connectivity index (χ4n) is 3.27. The quantitative estimate of drug-likeness (QED) is 0.286. The van der Waals surface area contributed by atoms with Gasteiger partial charge in [-0.25, -0.2) is 9.48 Å². The number of carbonyl (C=O) groups excluding carboxylic acids is 2. The minimum absolute atomic E-state index is 0.317. The molecule has 172 valence electrons. The van der Waals surface area contributed by atoms with Crippen LogP contribution >= 0.6 is 11.6 Å². The lowest BCUT2D eigenvalue weighted by atomic mass is 10.1. The number of nitriles is 1. The van der Waals surface area contributed by atoms with E-state index in [0.29, 0.717) is 27.5 Å². The zero-order chi connectivity index (χ0) is 24.6. The van der Waals surface area contributed by atoms with Crippen molar-refractivity contribution in [2.24, 2.45) is 0 Å². The van der Waals surface area contributed by atoms with E-state index in [2.05, 4.69) is 10.4 Å². The largest absolute Gasteiger partial charge is 0.452 e. The van der Waals surface area contributed by atoms with Gasteiger partial charge in [0, 0.05) is 28.4 Å². The van der Waals surface area contributed by atoms with Crippen LogP contribution in [0.2, 0.25) is 5.02 Å². The number of anilines is 1. The highest BCUT2D eigenvalue weighted by Gasteiger charge is 2.12. The van der Waals surface area contributed by atoms with Crippen molar-refractivity contribution in [1.29, 1.82) is 5.26 Å². The van der Waals surface area contributed by atoms with E-state index in [0.717, 1.165) is 11.3 Å². The molecule has 8 heteroatoms. The van der Waals surface area contributed by atoms with Crippen molar-refractivity contribution in [1.82, 2.24) is 9.78 Å². The second-order valence-corrected chi connectivity index (χ2v) is 7.80. The molecule has 0 fully saturated rings. The van der Waals surface area contributed by atoms with Gasteiger partial charge in [0.2, 0.25) is 0 Å². The summed E-state index contributed by atoms with van der Waals surface area (Å²) in [6.07, 6.45) is 4.62. The molecule has 4 aromatic rings. The zero-order valence-corrected chi connectivity index (χ0v) is 19.1. The van der Waals surface area contributed by atoms with Crippen molar-refractivity contribution in [2.75, 3.05) is 11.9 Å². The number of hydrogen-bond acceptors (Lipinski definition) is 5. The number of ether oxygens (including phenoxy) is 1. The van der Waals surface area contributed by atoms with Crippen LogP contribution in [0.4, 0.5) is 5.69 Å². The molecule has 0 aliphatic heterocycles. The summed E-state index contributed by atoms with van der Waals surface area (Å²) in [5.74, 6) is -1.24. The fraction of sp³-hybridized carbons (Fsp3) is 0.0370. The van der Waals surface area contributed by atoms with Crippen LogP contribution in [0.5, 0.6) is 0 Å². The van der Waals surface area contributed by atoms with Gasteiger partial charge in [0.15, 0.2) is 6.61 Å². The lowest BCUT2D eigenvalue weighted by Gasteiger charge is -2.06. The van der Waals surface area contributed by atoms with Crippen LogP contribution < -0.4 is 5.32 Å². The van der Waals surface area contributed by atoms with Gasteiger partial charge in [-0.1, -0.05) is 54.1 Å². The number of benzene rings is 3. The topological polar surface area (TPSA) is 97.0 Å². The Hall–Kier alpha value is -4.67. The Morgan fingerprint density at radius 1 is 1.03 bits per heavy atom. The van der Waals surface area contributed by atoms with E-state index in [1.807, 2.05) is 48.5 Å². The molecule has 0 bridgehead atoms. The number of para-hydroxylation sites is 2. The number of esters is 1. The normalized spacial score (nSPS) is 10.6. The number of nitrogens with zero attached hydrogens (tertiary/aromatic N) is 3. The van der Waals surface area contributed by atoms with Gasteiger partial charge in [0.25, 0.3) is 5.91 Å². The van der Waals surface area contributed by atoms with E-state index < -0.39 is 18.5 Å². The van der Waals surface area contributed by atoms with Crippen LogP contribution in [-0.2, 0) is 14.3 Å². The van der Waals surface area contributed by atoms with E-state index >= 15 is 0 Å². The Labute approximate surface area is 206 Å². The van der Waals surface area contributed by atoms with E-state index in [9.17, 15) is 9.59 Å². The molecule has 0 unspecified atom stereocenters. The number of carbonyl (C=O) groups is 2. The number of amides is 1. The Bertz CT molecular complexity index is 1420. The first-order valence-corrected chi connectivity index (χ1v) is 11.0. The molecule has 0 aliphatic rings. The van der Waals surface area contributed by atoms with Crippen molar-refractivity contribution in [3.63, 3.8) is 0 Å². The summed E-state index contributed by atoms with van der Waals surface area (Å²) in [6.45, 7) is -0.490. The van der Waals surface area contributed by atoms with Gasteiger partial charge < -0.3 is 10.1 Å². The summed E-state index contributed by atoms with van der Waals surface area (Å²) < 4.78 is 6.78. The van der Waals surface area contributed by atoms with Crippen LogP contribution in [-0.4, -0.2) is 28.3 Å². The predicted octanol–water partition coefficient (Wildman–Crippen LogP) is 5.26. The molecule has 3 aromatic carbocycles. The molecule has 1 N–H and O–H groups in total. The first kappa shape index (κ1) is 23.5. The van der Waals surface area contributed by atoms with Crippen LogP contribution in [0.1, 0.15) is 11.1 Å². The zero-order valence-electron chi connectivity index (χ0n) is 18.4. The lowest BCUT2D eigenvalue weighted by Crippen LogP contribution is -2.20. The molecule has 0 aliphatic carbocycles. The molecule has 0 saturated carbocycles. The van der Waals surface area contributed by atoms with E-state index in [1.165, 1.54) is 6.08 Å². The van der Waals surface area contributed by atoms with E-state index in [-0.39, 0.29) is 0 Å². The Morgan fingerprint density at radius 2 is 1.74 bits per heavy atom. The Balaban J connectivity index is 1.48. The molecule has 1 aromatic heterocycles. The summed E-state index contributed by atoms with van der Waals surface area (Å²) in [4.78, 5) is 24.4. The number of aromatic nitrogens is 2. The van der Waals surface area contributed by atoms with Gasteiger partial charge >= 0.3 is 5.97 Å². The molecular weight excluding hydrogens is 464 g/mol. The van der Waals surface area contributed by atoms with Crippen LogP contribution in [0.3, 0.4) is 0 Å². The Kier molecular flexibility index (Phi) is 7.36. The second-order valence-electron chi connectivity index (χ2n) is 7.37. The number of rotatable bonds is 7. The van der Waals surface area contributed by atoms with Gasteiger partial charge in [0.1, 0.15) is 6.07 Å². The molecule has 1 amide bonds. The highest BCUT2D eigenvalue weighted by molar-refractivity contribution is 6.30. The van der Waals surface area contributed by atoms with Crippen LogP contribution in [0.15, 0.2) is 91.1 Å². The van der Waals surface area contributed by atoms with Gasteiger partial charge in [-0.15, -0.1) is 0 Å². The fourth-order valence-corrected chi connectivity index (χ4v) is 3.40. The third kappa shape index (κ3) is 6.02. The smallest absolute Gasteiger partial charge is 0.331 e. The second kappa shape index (κ2) is 11.0. The molecule has 1 heterocycles. The van der Waals surface area contributed by atoms with Gasteiger partial charge in [-0.2, -0.15) is 10.4 Å². The van der Waals surface area contributed by atoms with Crippen molar-refractivity contribution in [3.8, 4) is 23.0 Å². The molecule has 0 radical (unpaired) electrons.